The lowest BCUT2D eigenvalue weighted by atomic mass is 10.1. The van der Waals surface area contributed by atoms with E-state index >= 15 is 0 Å². The molecule has 5 heteroatoms. The van der Waals surface area contributed by atoms with Crippen LogP contribution in [0.5, 0.6) is 0 Å². The summed E-state index contributed by atoms with van der Waals surface area (Å²) in [6.07, 6.45) is 3.61. The van der Waals surface area contributed by atoms with Gasteiger partial charge in [0.2, 0.25) is 5.91 Å². The summed E-state index contributed by atoms with van der Waals surface area (Å²) in [6.45, 7) is 5.97. The Hall–Kier alpha value is -0.260. The van der Waals surface area contributed by atoms with Crippen LogP contribution in [-0.4, -0.2) is 72.5 Å². The molecule has 2 unspecified atom stereocenters. The van der Waals surface area contributed by atoms with E-state index in [1.807, 2.05) is 0 Å². The number of carbonyl (C=O) groups excluding carboxylic acids is 1. The van der Waals surface area contributed by atoms with E-state index in [0.29, 0.717) is 5.91 Å². The fraction of sp³-hybridized carbons (Fsp3) is 0.929. The van der Waals surface area contributed by atoms with Gasteiger partial charge in [-0.2, -0.15) is 11.8 Å². The van der Waals surface area contributed by atoms with Crippen molar-refractivity contribution in [1.29, 1.82) is 0 Å². The Morgan fingerprint density at radius 2 is 2.05 bits per heavy atom. The molecule has 0 aliphatic carbocycles. The first-order valence-electron chi connectivity index (χ1n) is 7.66. The van der Waals surface area contributed by atoms with Crippen LogP contribution in [0.3, 0.4) is 0 Å². The van der Waals surface area contributed by atoms with Crippen molar-refractivity contribution in [2.24, 2.45) is 5.92 Å². The van der Waals surface area contributed by atoms with E-state index in [1.165, 1.54) is 24.3 Å². The number of amides is 1. The van der Waals surface area contributed by atoms with E-state index in [0.717, 1.165) is 51.6 Å². The molecule has 0 aromatic carbocycles. The molecular formula is C14H25N3OS. The van der Waals surface area contributed by atoms with E-state index in [9.17, 15) is 4.79 Å². The van der Waals surface area contributed by atoms with Crippen LogP contribution in [-0.2, 0) is 4.79 Å². The van der Waals surface area contributed by atoms with Crippen molar-refractivity contribution in [3.8, 4) is 0 Å². The zero-order valence-electron chi connectivity index (χ0n) is 11.6. The molecular weight excluding hydrogens is 258 g/mol. The summed E-state index contributed by atoms with van der Waals surface area (Å²) in [7, 11) is 0. The van der Waals surface area contributed by atoms with Crippen molar-refractivity contribution in [2.75, 3.05) is 50.8 Å². The number of carbonyl (C=O) groups is 1. The normalized spacial score (nSPS) is 32.9. The second-order valence-corrected chi connectivity index (χ2v) is 7.11. The van der Waals surface area contributed by atoms with Gasteiger partial charge in [0.1, 0.15) is 0 Å². The van der Waals surface area contributed by atoms with Gasteiger partial charge in [0.15, 0.2) is 0 Å². The molecule has 0 spiro atoms. The monoisotopic (exact) mass is 283 g/mol. The first-order valence-corrected chi connectivity index (χ1v) is 8.81. The number of piperazine rings is 1. The number of hydrogen-bond donors (Lipinski definition) is 1. The van der Waals surface area contributed by atoms with Gasteiger partial charge in [-0.1, -0.05) is 0 Å². The maximum absolute atomic E-state index is 12.6. The zero-order valence-corrected chi connectivity index (χ0v) is 12.5. The van der Waals surface area contributed by atoms with Crippen LogP contribution in [0.2, 0.25) is 0 Å². The Balaban J connectivity index is 1.56. The summed E-state index contributed by atoms with van der Waals surface area (Å²) in [5.74, 6) is 3.83. The summed E-state index contributed by atoms with van der Waals surface area (Å²) in [4.78, 5) is 17.2. The van der Waals surface area contributed by atoms with Crippen molar-refractivity contribution in [2.45, 2.75) is 25.3 Å². The highest BCUT2D eigenvalue weighted by Gasteiger charge is 2.35. The van der Waals surface area contributed by atoms with Gasteiger partial charge in [0.25, 0.3) is 0 Å². The lowest BCUT2D eigenvalue weighted by Gasteiger charge is -2.33. The van der Waals surface area contributed by atoms with Crippen LogP contribution in [0.1, 0.15) is 19.3 Å². The molecule has 0 aromatic rings. The van der Waals surface area contributed by atoms with Crippen LogP contribution in [0, 0.1) is 5.92 Å². The lowest BCUT2D eigenvalue weighted by molar-refractivity contribution is -0.136. The molecule has 0 bridgehead atoms. The molecule has 3 rings (SSSR count). The maximum Gasteiger partial charge on any atom is 0.240 e. The number of nitrogens with one attached hydrogen (secondary N) is 1. The number of nitrogens with zero attached hydrogens (tertiary/aromatic N) is 2. The molecule has 108 valence electrons. The van der Waals surface area contributed by atoms with E-state index in [4.69, 9.17) is 0 Å². The SMILES string of the molecule is O=C(C1CCCN1CC1CCSC1)N1CCNCC1. The third-order valence-corrected chi connectivity index (χ3v) is 5.83. The molecule has 0 aromatic heterocycles. The number of rotatable bonds is 3. The Labute approximate surface area is 120 Å². The second kappa shape index (κ2) is 6.46. The van der Waals surface area contributed by atoms with E-state index in [1.54, 1.807) is 0 Å². The summed E-state index contributed by atoms with van der Waals surface area (Å²) in [5.41, 5.74) is 0. The van der Waals surface area contributed by atoms with Gasteiger partial charge in [-0.15, -0.1) is 0 Å². The van der Waals surface area contributed by atoms with Gasteiger partial charge in [-0.25, -0.2) is 0 Å². The van der Waals surface area contributed by atoms with Crippen molar-refractivity contribution in [3.63, 3.8) is 0 Å². The molecule has 1 N–H and O–H groups in total. The summed E-state index contributed by atoms with van der Waals surface area (Å²) >= 11 is 2.07. The molecule has 4 nitrogen and oxygen atoms in total. The van der Waals surface area contributed by atoms with Gasteiger partial charge in [-0.05, 0) is 43.2 Å². The Morgan fingerprint density at radius 3 is 2.79 bits per heavy atom. The number of likely N-dealkylation sites (tertiary alicyclic amines) is 1. The molecule has 19 heavy (non-hydrogen) atoms. The Kier molecular flexibility index (Phi) is 4.66. The van der Waals surface area contributed by atoms with E-state index in [2.05, 4.69) is 26.9 Å². The molecule has 3 aliphatic rings. The third-order valence-electron chi connectivity index (χ3n) is 4.59. The van der Waals surface area contributed by atoms with Crippen molar-refractivity contribution >= 4 is 17.7 Å². The highest BCUT2D eigenvalue weighted by atomic mass is 32.2. The average Bonchev–Trinajstić information content (AvgIpc) is 3.11. The quantitative estimate of drug-likeness (QED) is 0.824. The molecule has 0 radical (unpaired) electrons. The fourth-order valence-electron chi connectivity index (χ4n) is 3.48. The number of thioether (sulfide) groups is 1. The zero-order chi connectivity index (χ0) is 13.1. The maximum atomic E-state index is 12.6. The lowest BCUT2D eigenvalue weighted by Crippen LogP contribution is -2.53. The highest BCUT2D eigenvalue weighted by molar-refractivity contribution is 7.99. The van der Waals surface area contributed by atoms with Crippen LogP contribution in [0.4, 0.5) is 0 Å². The van der Waals surface area contributed by atoms with Gasteiger partial charge < -0.3 is 10.2 Å². The molecule has 2 atom stereocenters. The standard InChI is InChI=1S/C14H25N3OS/c18-14(16-7-4-15-5-8-16)13-2-1-6-17(13)10-12-3-9-19-11-12/h12-13,15H,1-11H2. The molecule has 3 aliphatic heterocycles. The minimum atomic E-state index is 0.184. The van der Waals surface area contributed by atoms with E-state index in [-0.39, 0.29) is 6.04 Å². The second-order valence-electron chi connectivity index (χ2n) is 5.96. The average molecular weight is 283 g/mol. The van der Waals surface area contributed by atoms with Crippen molar-refractivity contribution in [3.05, 3.63) is 0 Å². The summed E-state index contributed by atoms with van der Waals surface area (Å²) < 4.78 is 0. The van der Waals surface area contributed by atoms with Crippen LogP contribution in [0.25, 0.3) is 0 Å². The molecule has 3 heterocycles. The Morgan fingerprint density at radius 1 is 1.21 bits per heavy atom. The minimum absolute atomic E-state index is 0.184. The molecule has 0 saturated carbocycles. The van der Waals surface area contributed by atoms with Crippen LogP contribution in [0.15, 0.2) is 0 Å². The Bertz CT molecular complexity index is 314. The van der Waals surface area contributed by atoms with E-state index < -0.39 is 0 Å². The van der Waals surface area contributed by atoms with Gasteiger partial charge in [0.05, 0.1) is 6.04 Å². The first-order chi connectivity index (χ1) is 9.34. The fourth-order valence-corrected chi connectivity index (χ4v) is 4.75. The van der Waals surface area contributed by atoms with Gasteiger partial charge in [-0.3, -0.25) is 9.69 Å². The van der Waals surface area contributed by atoms with Crippen molar-refractivity contribution in [1.82, 2.24) is 15.1 Å². The highest BCUT2D eigenvalue weighted by Crippen LogP contribution is 2.28. The largest absolute Gasteiger partial charge is 0.339 e. The molecule has 3 fully saturated rings. The minimum Gasteiger partial charge on any atom is -0.339 e. The van der Waals surface area contributed by atoms with Gasteiger partial charge in [0, 0.05) is 32.7 Å². The smallest absolute Gasteiger partial charge is 0.240 e. The summed E-state index contributed by atoms with van der Waals surface area (Å²) in [5, 5.41) is 3.32. The van der Waals surface area contributed by atoms with Crippen LogP contribution < -0.4 is 5.32 Å². The molecule has 1 amide bonds. The van der Waals surface area contributed by atoms with Gasteiger partial charge >= 0.3 is 0 Å². The summed E-state index contributed by atoms with van der Waals surface area (Å²) in [6, 6.07) is 0.184. The first kappa shape index (κ1) is 13.7. The third kappa shape index (κ3) is 3.26. The molecule has 3 saturated heterocycles. The van der Waals surface area contributed by atoms with Crippen LogP contribution >= 0.6 is 11.8 Å². The predicted molar refractivity (Wildman–Crippen MR) is 79.5 cm³/mol. The van der Waals surface area contributed by atoms with Crippen molar-refractivity contribution < 1.29 is 4.79 Å². The topological polar surface area (TPSA) is 35.6 Å². The number of hydrogen-bond acceptors (Lipinski definition) is 4. The predicted octanol–water partition coefficient (Wildman–Crippen LogP) is 0.636.